The number of rotatable bonds is 2. The van der Waals surface area contributed by atoms with E-state index >= 15 is 0 Å². The molecule has 1 aromatic heterocycles. The molecule has 3 atom stereocenters. The van der Waals surface area contributed by atoms with E-state index in [2.05, 4.69) is 10.1 Å². The van der Waals surface area contributed by atoms with Gasteiger partial charge in [0.1, 0.15) is 18.2 Å². The highest BCUT2D eigenvalue weighted by atomic mass is 16.4. The van der Waals surface area contributed by atoms with Crippen molar-refractivity contribution in [2.24, 2.45) is 11.3 Å². The second kappa shape index (κ2) is 4.79. The molecule has 7 nitrogen and oxygen atoms in total. The fourth-order valence-corrected chi connectivity index (χ4v) is 4.53. The summed E-state index contributed by atoms with van der Waals surface area (Å²) in [6.07, 6.45) is 6.59. The van der Waals surface area contributed by atoms with Crippen molar-refractivity contribution in [3.63, 3.8) is 0 Å². The third kappa shape index (κ3) is 1.80. The Balaban J connectivity index is 1.57. The Labute approximate surface area is 128 Å². The van der Waals surface area contributed by atoms with Gasteiger partial charge in [0.2, 0.25) is 5.91 Å². The van der Waals surface area contributed by atoms with Crippen molar-refractivity contribution in [1.29, 1.82) is 0 Å². The molecule has 2 fully saturated rings. The first-order valence-corrected chi connectivity index (χ1v) is 8.02. The number of likely N-dealkylation sites (tertiary alicyclic amines) is 1. The third-order valence-corrected chi connectivity index (χ3v) is 5.71. The molecule has 1 amide bonds. The highest BCUT2D eigenvalue weighted by Gasteiger charge is 2.56. The predicted octanol–water partition coefficient (Wildman–Crippen LogP) is 0.869. The van der Waals surface area contributed by atoms with Gasteiger partial charge in [-0.25, -0.2) is 9.67 Å². The van der Waals surface area contributed by atoms with Crippen molar-refractivity contribution < 1.29 is 14.7 Å². The topological polar surface area (TPSA) is 88.3 Å². The lowest BCUT2D eigenvalue weighted by atomic mass is 9.81. The van der Waals surface area contributed by atoms with Crippen LogP contribution in [0.4, 0.5) is 0 Å². The first-order valence-electron chi connectivity index (χ1n) is 8.02. The van der Waals surface area contributed by atoms with E-state index in [1.807, 2.05) is 0 Å². The van der Waals surface area contributed by atoms with Gasteiger partial charge < -0.3 is 10.0 Å². The van der Waals surface area contributed by atoms with E-state index in [1.165, 1.54) is 6.33 Å². The number of hydrogen-bond acceptors (Lipinski definition) is 4. The number of carboxylic acid groups (broad SMARTS) is 1. The van der Waals surface area contributed by atoms with Crippen LogP contribution in [0.3, 0.4) is 0 Å². The van der Waals surface area contributed by atoms with Crippen molar-refractivity contribution in [1.82, 2.24) is 19.7 Å². The van der Waals surface area contributed by atoms with E-state index < -0.39 is 11.4 Å². The highest BCUT2D eigenvalue weighted by molar-refractivity contribution is 5.84. The minimum absolute atomic E-state index is 0.0153. The lowest BCUT2D eigenvalue weighted by Gasteiger charge is -2.28. The van der Waals surface area contributed by atoms with Crippen LogP contribution in [0.5, 0.6) is 0 Å². The van der Waals surface area contributed by atoms with Crippen molar-refractivity contribution in [3.8, 4) is 0 Å². The molecule has 22 heavy (non-hydrogen) atoms. The number of amides is 1. The molecule has 0 radical (unpaired) electrons. The van der Waals surface area contributed by atoms with Gasteiger partial charge in [-0.3, -0.25) is 9.59 Å². The van der Waals surface area contributed by atoms with Gasteiger partial charge in [-0.15, -0.1) is 0 Å². The molecule has 7 heteroatoms. The second-order valence-corrected chi connectivity index (χ2v) is 6.80. The summed E-state index contributed by atoms with van der Waals surface area (Å²) < 4.78 is 1.73. The highest BCUT2D eigenvalue weighted by Crippen LogP contribution is 2.49. The average Bonchev–Trinajstić information content (AvgIpc) is 3.18. The normalized spacial score (nSPS) is 33.5. The van der Waals surface area contributed by atoms with Gasteiger partial charge in [-0.05, 0) is 31.6 Å². The number of aryl methyl sites for hydroxylation is 1. The molecule has 1 aliphatic carbocycles. The number of carbonyl (C=O) groups is 2. The molecule has 118 valence electrons. The van der Waals surface area contributed by atoms with Gasteiger partial charge >= 0.3 is 5.97 Å². The summed E-state index contributed by atoms with van der Waals surface area (Å²) >= 11 is 0. The Morgan fingerprint density at radius 1 is 1.32 bits per heavy atom. The van der Waals surface area contributed by atoms with Crippen LogP contribution < -0.4 is 0 Å². The van der Waals surface area contributed by atoms with Crippen LogP contribution in [0.1, 0.15) is 44.0 Å². The number of aromatic nitrogens is 3. The Kier molecular flexibility index (Phi) is 2.99. The largest absolute Gasteiger partial charge is 0.481 e. The monoisotopic (exact) mass is 304 g/mol. The minimum atomic E-state index is -0.740. The van der Waals surface area contributed by atoms with Crippen LogP contribution in [0.25, 0.3) is 0 Å². The van der Waals surface area contributed by atoms with Gasteiger partial charge in [-0.2, -0.15) is 5.10 Å². The van der Waals surface area contributed by atoms with E-state index in [0.717, 1.165) is 37.9 Å². The van der Waals surface area contributed by atoms with Crippen molar-refractivity contribution >= 4 is 11.9 Å². The van der Waals surface area contributed by atoms with Crippen LogP contribution in [-0.4, -0.2) is 49.7 Å². The maximum atomic E-state index is 12.9. The summed E-state index contributed by atoms with van der Waals surface area (Å²) in [6.45, 7) is 0.929. The minimum Gasteiger partial charge on any atom is -0.481 e. The molecular weight excluding hydrogens is 284 g/mol. The smallest absolute Gasteiger partial charge is 0.311 e. The maximum absolute atomic E-state index is 12.9. The summed E-state index contributed by atoms with van der Waals surface area (Å²) in [5.41, 5.74) is -0.713. The maximum Gasteiger partial charge on any atom is 0.311 e. The fourth-order valence-electron chi connectivity index (χ4n) is 4.53. The van der Waals surface area contributed by atoms with Crippen LogP contribution in [0.15, 0.2) is 6.33 Å². The Morgan fingerprint density at radius 3 is 2.95 bits per heavy atom. The van der Waals surface area contributed by atoms with Crippen molar-refractivity contribution in [3.05, 3.63) is 12.2 Å². The first kappa shape index (κ1) is 13.7. The summed E-state index contributed by atoms with van der Waals surface area (Å²) in [7, 11) is 0. The number of nitrogens with zero attached hydrogens (tertiary/aromatic N) is 4. The Hall–Kier alpha value is -1.92. The SMILES string of the molecule is O=C(C1CCCc2ncnn21)N1C[C@@H]2CCC[C@]2(C(=O)O)C1. The van der Waals surface area contributed by atoms with E-state index in [1.54, 1.807) is 9.58 Å². The van der Waals surface area contributed by atoms with Crippen molar-refractivity contribution in [2.45, 2.75) is 44.6 Å². The lowest BCUT2D eigenvalue weighted by Crippen LogP contribution is -2.41. The van der Waals surface area contributed by atoms with Crippen LogP contribution >= 0.6 is 0 Å². The van der Waals surface area contributed by atoms with E-state index in [-0.39, 0.29) is 17.9 Å². The average molecular weight is 304 g/mol. The lowest BCUT2D eigenvalue weighted by molar-refractivity contribution is -0.149. The molecule has 0 aromatic carbocycles. The summed E-state index contributed by atoms with van der Waals surface area (Å²) in [6, 6.07) is -0.309. The molecule has 1 unspecified atom stereocenters. The zero-order chi connectivity index (χ0) is 15.3. The van der Waals surface area contributed by atoms with Crippen molar-refractivity contribution in [2.75, 3.05) is 13.1 Å². The molecule has 1 saturated carbocycles. The van der Waals surface area contributed by atoms with Gasteiger partial charge in [-0.1, -0.05) is 6.42 Å². The number of carboxylic acids is 1. The molecule has 0 spiro atoms. The van der Waals surface area contributed by atoms with Gasteiger partial charge in [0, 0.05) is 19.5 Å². The fraction of sp³-hybridized carbons (Fsp3) is 0.733. The Morgan fingerprint density at radius 2 is 2.18 bits per heavy atom. The van der Waals surface area contributed by atoms with E-state index in [0.29, 0.717) is 19.5 Å². The molecule has 2 aliphatic heterocycles. The summed E-state index contributed by atoms with van der Waals surface area (Å²) in [5, 5.41) is 13.8. The molecule has 4 rings (SSSR count). The number of carbonyl (C=O) groups excluding carboxylic acids is 1. The quantitative estimate of drug-likeness (QED) is 0.876. The molecule has 1 saturated heterocycles. The summed E-state index contributed by atoms with van der Waals surface area (Å²) in [5.74, 6) is 0.238. The molecule has 1 aromatic rings. The zero-order valence-corrected chi connectivity index (χ0v) is 12.4. The van der Waals surface area contributed by atoms with Gasteiger partial charge in [0.25, 0.3) is 0 Å². The zero-order valence-electron chi connectivity index (χ0n) is 12.4. The van der Waals surface area contributed by atoms with Crippen LogP contribution in [-0.2, 0) is 16.0 Å². The number of fused-ring (bicyclic) bond motifs is 2. The van der Waals surface area contributed by atoms with Crippen LogP contribution in [0, 0.1) is 11.3 Å². The number of hydrogen-bond donors (Lipinski definition) is 1. The standard InChI is InChI=1S/C15H20N4O3/c20-13(11-4-1-5-12-16-9-17-19(11)12)18-7-10-3-2-6-15(10,8-18)14(21)22/h9-11H,1-8H2,(H,21,22)/t10-,11?,15-/m0/s1. The number of aliphatic carboxylic acids is 1. The third-order valence-electron chi connectivity index (χ3n) is 5.71. The predicted molar refractivity (Wildman–Crippen MR) is 76.0 cm³/mol. The van der Waals surface area contributed by atoms with E-state index in [4.69, 9.17) is 0 Å². The molecule has 3 aliphatic rings. The molecule has 3 heterocycles. The van der Waals surface area contributed by atoms with Crippen LogP contribution in [0.2, 0.25) is 0 Å². The Bertz CT molecular complexity index is 628. The second-order valence-electron chi connectivity index (χ2n) is 6.80. The molecule has 0 bridgehead atoms. The summed E-state index contributed by atoms with van der Waals surface area (Å²) in [4.78, 5) is 30.6. The molecule has 1 N–H and O–H groups in total. The first-order chi connectivity index (χ1) is 10.6. The van der Waals surface area contributed by atoms with Gasteiger partial charge in [0.15, 0.2) is 0 Å². The van der Waals surface area contributed by atoms with E-state index in [9.17, 15) is 14.7 Å². The van der Waals surface area contributed by atoms with Gasteiger partial charge in [0.05, 0.1) is 5.41 Å². The molecular formula is C15H20N4O3.